The number of benzene rings is 1. The highest BCUT2D eigenvalue weighted by Crippen LogP contribution is 2.34. The first-order valence-corrected chi connectivity index (χ1v) is 6.28. The molecule has 0 radical (unpaired) electrons. The van der Waals surface area contributed by atoms with Crippen molar-refractivity contribution in [2.75, 3.05) is 12.8 Å². The molecule has 0 aliphatic rings. The van der Waals surface area contributed by atoms with Crippen molar-refractivity contribution in [2.24, 2.45) is 5.92 Å². The summed E-state index contributed by atoms with van der Waals surface area (Å²) in [6.45, 7) is 6.37. The Labute approximate surface area is 112 Å². The van der Waals surface area contributed by atoms with E-state index in [0.717, 1.165) is 6.07 Å². The van der Waals surface area contributed by atoms with Gasteiger partial charge in [-0.15, -0.1) is 0 Å². The summed E-state index contributed by atoms with van der Waals surface area (Å²) in [5, 5.41) is 0. The van der Waals surface area contributed by atoms with Crippen molar-refractivity contribution in [2.45, 2.75) is 39.5 Å². The van der Waals surface area contributed by atoms with Gasteiger partial charge in [0.2, 0.25) is 0 Å². The van der Waals surface area contributed by atoms with Gasteiger partial charge in [-0.2, -0.15) is 13.2 Å². The van der Waals surface area contributed by atoms with E-state index in [1.54, 1.807) is 0 Å². The Morgan fingerprint density at radius 1 is 1.21 bits per heavy atom. The van der Waals surface area contributed by atoms with E-state index < -0.39 is 11.7 Å². The molecule has 2 N–H and O–H groups in total. The Kier molecular flexibility index (Phi) is 4.85. The third-order valence-corrected chi connectivity index (χ3v) is 3.52. The van der Waals surface area contributed by atoms with E-state index in [9.17, 15) is 13.2 Å². The second kappa shape index (κ2) is 5.82. The molecular formula is C14H21F3N2. The predicted octanol–water partition coefficient (Wildman–Crippen LogP) is 3.76. The zero-order chi connectivity index (χ0) is 14.8. The zero-order valence-corrected chi connectivity index (χ0v) is 11.8. The summed E-state index contributed by atoms with van der Waals surface area (Å²) in [5.41, 5.74) is 5.20. The molecule has 0 bridgehead atoms. The van der Waals surface area contributed by atoms with Crippen molar-refractivity contribution >= 4 is 5.69 Å². The molecule has 0 spiro atoms. The first kappa shape index (κ1) is 15.8. The molecule has 1 rings (SSSR count). The Hall–Kier alpha value is -1.23. The van der Waals surface area contributed by atoms with Gasteiger partial charge >= 0.3 is 6.18 Å². The van der Waals surface area contributed by atoms with Crippen molar-refractivity contribution in [1.29, 1.82) is 0 Å². The normalized spacial score (nSPS) is 14.2. The number of hydrogen-bond donors (Lipinski definition) is 1. The molecule has 2 nitrogen and oxygen atoms in total. The van der Waals surface area contributed by atoms with Gasteiger partial charge < -0.3 is 5.73 Å². The summed E-state index contributed by atoms with van der Waals surface area (Å²) >= 11 is 0. The van der Waals surface area contributed by atoms with Gasteiger partial charge in [0.1, 0.15) is 0 Å². The standard InChI is InChI=1S/C14H21F3N2/c1-9(2)10(3)19(4)8-11-5-6-12(18)7-13(11)14(15,16)17/h5-7,9-10H,8,18H2,1-4H3. The van der Waals surface area contributed by atoms with Gasteiger partial charge in [-0.05, 0) is 37.6 Å². The summed E-state index contributed by atoms with van der Waals surface area (Å²) in [5.74, 6) is 0.383. The smallest absolute Gasteiger partial charge is 0.399 e. The lowest BCUT2D eigenvalue weighted by Crippen LogP contribution is -2.33. The van der Waals surface area contributed by atoms with Gasteiger partial charge in [0.05, 0.1) is 5.56 Å². The Balaban J connectivity index is 3.01. The minimum atomic E-state index is -4.37. The minimum Gasteiger partial charge on any atom is -0.399 e. The minimum absolute atomic E-state index is 0.135. The van der Waals surface area contributed by atoms with E-state index >= 15 is 0 Å². The number of rotatable bonds is 4. The van der Waals surface area contributed by atoms with Gasteiger partial charge in [0.15, 0.2) is 0 Å². The van der Waals surface area contributed by atoms with Crippen LogP contribution >= 0.6 is 0 Å². The molecule has 108 valence electrons. The maximum absolute atomic E-state index is 13.0. The van der Waals surface area contributed by atoms with Crippen LogP contribution in [0.15, 0.2) is 18.2 Å². The first-order valence-electron chi connectivity index (χ1n) is 6.28. The number of halogens is 3. The van der Waals surface area contributed by atoms with Gasteiger partial charge in [-0.1, -0.05) is 19.9 Å². The average molecular weight is 274 g/mol. The van der Waals surface area contributed by atoms with Crippen LogP contribution in [0.5, 0.6) is 0 Å². The molecule has 0 aromatic heterocycles. The third kappa shape index (κ3) is 4.13. The fourth-order valence-corrected chi connectivity index (χ4v) is 1.92. The number of hydrogen-bond acceptors (Lipinski definition) is 2. The summed E-state index contributed by atoms with van der Waals surface area (Å²) in [4.78, 5) is 1.92. The number of anilines is 1. The number of nitrogens with zero attached hydrogens (tertiary/aromatic N) is 1. The van der Waals surface area contributed by atoms with E-state index in [2.05, 4.69) is 13.8 Å². The lowest BCUT2D eigenvalue weighted by Gasteiger charge is -2.29. The van der Waals surface area contributed by atoms with Crippen LogP contribution in [0.3, 0.4) is 0 Å². The Morgan fingerprint density at radius 2 is 1.79 bits per heavy atom. The maximum Gasteiger partial charge on any atom is 0.416 e. The molecule has 0 saturated carbocycles. The summed E-state index contributed by atoms with van der Waals surface area (Å²) < 4.78 is 38.9. The Bertz CT molecular complexity index is 427. The molecule has 0 aliphatic heterocycles. The average Bonchev–Trinajstić information content (AvgIpc) is 2.28. The van der Waals surface area contributed by atoms with Crippen molar-refractivity contribution < 1.29 is 13.2 Å². The van der Waals surface area contributed by atoms with Gasteiger partial charge in [0.25, 0.3) is 0 Å². The van der Waals surface area contributed by atoms with Crippen LogP contribution in [-0.2, 0) is 12.7 Å². The van der Waals surface area contributed by atoms with Crippen LogP contribution in [0.1, 0.15) is 31.9 Å². The molecule has 0 saturated heterocycles. The Morgan fingerprint density at radius 3 is 2.26 bits per heavy atom. The molecule has 19 heavy (non-hydrogen) atoms. The van der Waals surface area contributed by atoms with Gasteiger partial charge in [0, 0.05) is 18.3 Å². The molecule has 0 amide bonds. The second-order valence-corrected chi connectivity index (χ2v) is 5.31. The number of alkyl halides is 3. The zero-order valence-electron chi connectivity index (χ0n) is 11.8. The second-order valence-electron chi connectivity index (χ2n) is 5.31. The van der Waals surface area contributed by atoms with Crippen LogP contribution < -0.4 is 5.73 Å². The fraction of sp³-hybridized carbons (Fsp3) is 0.571. The van der Waals surface area contributed by atoms with E-state index in [1.807, 2.05) is 18.9 Å². The van der Waals surface area contributed by atoms with E-state index in [-0.39, 0.29) is 23.8 Å². The van der Waals surface area contributed by atoms with E-state index in [4.69, 9.17) is 5.73 Å². The molecule has 1 unspecified atom stereocenters. The predicted molar refractivity (Wildman–Crippen MR) is 71.6 cm³/mol. The van der Waals surface area contributed by atoms with Crippen molar-refractivity contribution in [3.63, 3.8) is 0 Å². The van der Waals surface area contributed by atoms with Gasteiger partial charge in [-0.3, -0.25) is 4.90 Å². The fourth-order valence-electron chi connectivity index (χ4n) is 1.92. The summed E-state index contributed by atoms with van der Waals surface area (Å²) in [6, 6.07) is 4.18. The molecule has 1 aromatic carbocycles. The summed E-state index contributed by atoms with van der Waals surface area (Å²) in [6.07, 6.45) is -4.37. The lowest BCUT2D eigenvalue weighted by molar-refractivity contribution is -0.138. The van der Waals surface area contributed by atoms with Crippen LogP contribution in [0.25, 0.3) is 0 Å². The maximum atomic E-state index is 13.0. The van der Waals surface area contributed by atoms with Crippen molar-refractivity contribution in [1.82, 2.24) is 4.90 Å². The van der Waals surface area contributed by atoms with Crippen LogP contribution in [0, 0.1) is 5.92 Å². The topological polar surface area (TPSA) is 29.3 Å². The monoisotopic (exact) mass is 274 g/mol. The van der Waals surface area contributed by atoms with Crippen LogP contribution in [0.2, 0.25) is 0 Å². The van der Waals surface area contributed by atoms with Crippen LogP contribution in [-0.4, -0.2) is 18.0 Å². The molecule has 0 fully saturated rings. The van der Waals surface area contributed by atoms with Crippen molar-refractivity contribution in [3.8, 4) is 0 Å². The largest absolute Gasteiger partial charge is 0.416 e. The third-order valence-electron chi connectivity index (χ3n) is 3.52. The molecule has 1 atom stereocenters. The van der Waals surface area contributed by atoms with Crippen molar-refractivity contribution in [3.05, 3.63) is 29.3 Å². The highest BCUT2D eigenvalue weighted by molar-refractivity contribution is 5.46. The molecule has 1 aromatic rings. The number of nitrogen functional groups attached to an aromatic ring is 1. The molecule has 0 heterocycles. The highest BCUT2D eigenvalue weighted by Gasteiger charge is 2.33. The van der Waals surface area contributed by atoms with Crippen LogP contribution in [0.4, 0.5) is 18.9 Å². The van der Waals surface area contributed by atoms with E-state index in [0.29, 0.717) is 5.92 Å². The molecule has 5 heteroatoms. The quantitative estimate of drug-likeness (QED) is 0.847. The first-order chi connectivity index (χ1) is 8.62. The molecule has 0 aliphatic carbocycles. The SMILES string of the molecule is CC(C)C(C)N(C)Cc1ccc(N)cc1C(F)(F)F. The highest BCUT2D eigenvalue weighted by atomic mass is 19.4. The molecular weight excluding hydrogens is 253 g/mol. The van der Waals surface area contributed by atoms with Gasteiger partial charge in [-0.25, -0.2) is 0 Å². The summed E-state index contributed by atoms with van der Waals surface area (Å²) in [7, 11) is 1.83. The van der Waals surface area contributed by atoms with E-state index in [1.165, 1.54) is 12.1 Å². The lowest BCUT2D eigenvalue weighted by atomic mass is 10.0. The number of nitrogens with two attached hydrogens (primary N) is 1.